The molecule has 0 fully saturated rings. The SMILES string of the molecule is COC(=O)c1cc(OCCc2ccccc2Cl)c(OC)cc1Cl. The lowest BCUT2D eigenvalue weighted by Gasteiger charge is -2.13. The minimum atomic E-state index is -0.534. The number of methoxy groups -OCH3 is 2. The van der Waals surface area contributed by atoms with Crippen molar-refractivity contribution in [3.63, 3.8) is 0 Å². The van der Waals surface area contributed by atoms with E-state index in [9.17, 15) is 4.79 Å². The van der Waals surface area contributed by atoms with Gasteiger partial charge >= 0.3 is 5.97 Å². The monoisotopic (exact) mass is 354 g/mol. The molecular formula is C17H16Cl2O4. The van der Waals surface area contributed by atoms with E-state index in [4.69, 9.17) is 37.4 Å². The molecule has 122 valence electrons. The molecule has 2 aromatic rings. The second-order valence-corrected chi connectivity index (χ2v) is 5.48. The topological polar surface area (TPSA) is 44.8 Å². The highest BCUT2D eigenvalue weighted by Crippen LogP contribution is 2.33. The summed E-state index contributed by atoms with van der Waals surface area (Å²) in [5.74, 6) is 0.333. The van der Waals surface area contributed by atoms with Crippen LogP contribution in [-0.2, 0) is 11.2 Å². The molecule has 23 heavy (non-hydrogen) atoms. The van der Waals surface area contributed by atoms with Crippen molar-refractivity contribution in [1.82, 2.24) is 0 Å². The number of esters is 1. The fourth-order valence-corrected chi connectivity index (χ4v) is 2.51. The molecule has 4 nitrogen and oxygen atoms in total. The van der Waals surface area contributed by atoms with Gasteiger partial charge in [0.05, 0.1) is 31.4 Å². The van der Waals surface area contributed by atoms with Gasteiger partial charge in [-0.2, -0.15) is 0 Å². The smallest absolute Gasteiger partial charge is 0.339 e. The number of carbonyl (C=O) groups is 1. The Hall–Kier alpha value is -1.91. The van der Waals surface area contributed by atoms with Gasteiger partial charge in [-0.3, -0.25) is 0 Å². The molecule has 0 radical (unpaired) electrons. The van der Waals surface area contributed by atoms with Crippen molar-refractivity contribution in [3.8, 4) is 11.5 Å². The molecule has 2 rings (SSSR count). The van der Waals surface area contributed by atoms with Crippen LogP contribution in [0.4, 0.5) is 0 Å². The number of rotatable bonds is 6. The number of hydrogen-bond acceptors (Lipinski definition) is 4. The Balaban J connectivity index is 2.15. The van der Waals surface area contributed by atoms with Gasteiger partial charge in [0.25, 0.3) is 0 Å². The molecule has 0 bridgehead atoms. The third kappa shape index (κ3) is 4.30. The maximum Gasteiger partial charge on any atom is 0.339 e. The highest BCUT2D eigenvalue weighted by molar-refractivity contribution is 6.33. The normalized spacial score (nSPS) is 10.3. The van der Waals surface area contributed by atoms with E-state index in [0.717, 1.165) is 5.56 Å². The number of ether oxygens (including phenoxy) is 3. The fraction of sp³-hybridized carbons (Fsp3) is 0.235. The zero-order chi connectivity index (χ0) is 16.8. The molecule has 0 saturated heterocycles. The first-order valence-corrected chi connectivity index (χ1v) is 7.64. The first-order chi connectivity index (χ1) is 11.1. The molecule has 0 atom stereocenters. The zero-order valence-corrected chi connectivity index (χ0v) is 14.3. The van der Waals surface area contributed by atoms with Crippen LogP contribution in [-0.4, -0.2) is 26.8 Å². The van der Waals surface area contributed by atoms with Crippen molar-refractivity contribution in [2.75, 3.05) is 20.8 Å². The van der Waals surface area contributed by atoms with Gasteiger partial charge < -0.3 is 14.2 Å². The summed E-state index contributed by atoms with van der Waals surface area (Å²) >= 11 is 12.2. The Bertz CT molecular complexity index is 701. The summed E-state index contributed by atoms with van der Waals surface area (Å²) in [6, 6.07) is 10.6. The lowest BCUT2D eigenvalue weighted by molar-refractivity contribution is 0.0600. The standard InChI is InChI=1S/C17H16Cl2O4/c1-21-15-10-14(19)12(17(20)22-2)9-16(15)23-8-7-11-5-3-4-6-13(11)18/h3-6,9-10H,7-8H2,1-2H3. The number of carbonyl (C=O) groups excluding carboxylic acids is 1. The van der Waals surface area contributed by atoms with Gasteiger partial charge in [-0.1, -0.05) is 41.4 Å². The molecule has 6 heteroatoms. The lowest BCUT2D eigenvalue weighted by Crippen LogP contribution is -2.06. The van der Waals surface area contributed by atoms with Crippen LogP contribution in [0.25, 0.3) is 0 Å². The summed E-state index contributed by atoms with van der Waals surface area (Å²) in [6.45, 7) is 0.377. The third-order valence-corrected chi connectivity index (χ3v) is 3.93. The molecule has 0 aromatic heterocycles. The van der Waals surface area contributed by atoms with Gasteiger partial charge in [0.15, 0.2) is 11.5 Å². The average molecular weight is 355 g/mol. The summed E-state index contributed by atoms with van der Waals surface area (Å²) in [4.78, 5) is 11.7. The van der Waals surface area contributed by atoms with Crippen LogP contribution in [0, 0.1) is 0 Å². The molecule has 0 heterocycles. The molecular weight excluding hydrogens is 339 g/mol. The highest BCUT2D eigenvalue weighted by atomic mass is 35.5. The summed E-state index contributed by atoms with van der Waals surface area (Å²) < 4.78 is 15.7. The van der Waals surface area contributed by atoms with E-state index in [2.05, 4.69) is 0 Å². The Kier molecular flexibility index (Phi) is 6.13. The Labute approximate surface area is 144 Å². The van der Waals surface area contributed by atoms with Gasteiger partial charge in [-0.15, -0.1) is 0 Å². The van der Waals surface area contributed by atoms with E-state index in [0.29, 0.717) is 29.5 Å². The summed E-state index contributed by atoms with van der Waals surface area (Å²) in [5, 5.41) is 0.932. The predicted molar refractivity (Wildman–Crippen MR) is 90.0 cm³/mol. The van der Waals surface area contributed by atoms with Crippen LogP contribution < -0.4 is 9.47 Å². The maximum absolute atomic E-state index is 11.7. The van der Waals surface area contributed by atoms with Crippen molar-refractivity contribution in [2.45, 2.75) is 6.42 Å². The number of hydrogen-bond donors (Lipinski definition) is 0. The number of benzene rings is 2. The minimum Gasteiger partial charge on any atom is -0.493 e. The second kappa shape index (κ2) is 8.09. The Morgan fingerprint density at radius 3 is 2.43 bits per heavy atom. The average Bonchev–Trinajstić information content (AvgIpc) is 2.56. The van der Waals surface area contributed by atoms with Crippen molar-refractivity contribution in [2.24, 2.45) is 0 Å². The quantitative estimate of drug-likeness (QED) is 0.720. The first-order valence-electron chi connectivity index (χ1n) is 6.89. The fourth-order valence-electron chi connectivity index (χ4n) is 2.05. The van der Waals surface area contributed by atoms with Crippen LogP contribution in [0.3, 0.4) is 0 Å². The molecule has 0 saturated carbocycles. The van der Waals surface area contributed by atoms with Gasteiger partial charge in [0.1, 0.15) is 0 Å². The highest BCUT2D eigenvalue weighted by Gasteiger charge is 2.16. The van der Waals surface area contributed by atoms with Crippen LogP contribution >= 0.6 is 23.2 Å². The number of halogens is 2. The molecule has 0 aliphatic heterocycles. The predicted octanol–water partition coefficient (Wildman–Crippen LogP) is 4.41. The van der Waals surface area contributed by atoms with Crippen molar-refractivity contribution in [3.05, 3.63) is 57.6 Å². The second-order valence-electron chi connectivity index (χ2n) is 4.66. The first kappa shape index (κ1) is 17.4. The minimum absolute atomic E-state index is 0.225. The van der Waals surface area contributed by atoms with Crippen LogP contribution in [0.15, 0.2) is 36.4 Å². The molecule has 0 unspecified atom stereocenters. The molecule has 2 aromatic carbocycles. The summed E-state index contributed by atoms with van der Waals surface area (Å²) in [6.07, 6.45) is 0.624. The molecule has 0 spiro atoms. The van der Waals surface area contributed by atoms with E-state index in [1.54, 1.807) is 0 Å². The van der Waals surface area contributed by atoms with Crippen molar-refractivity contribution >= 4 is 29.2 Å². The van der Waals surface area contributed by atoms with Crippen molar-refractivity contribution < 1.29 is 19.0 Å². The Morgan fingerprint density at radius 1 is 1.04 bits per heavy atom. The lowest BCUT2D eigenvalue weighted by atomic mass is 10.1. The molecule has 0 N–H and O–H groups in total. The van der Waals surface area contributed by atoms with E-state index in [1.807, 2.05) is 24.3 Å². The maximum atomic E-state index is 11.7. The largest absolute Gasteiger partial charge is 0.493 e. The van der Waals surface area contributed by atoms with Crippen molar-refractivity contribution in [1.29, 1.82) is 0 Å². The third-order valence-electron chi connectivity index (χ3n) is 3.25. The van der Waals surface area contributed by atoms with Crippen LogP contribution in [0.1, 0.15) is 15.9 Å². The summed E-state index contributed by atoms with van der Waals surface area (Å²) in [5.41, 5.74) is 1.21. The van der Waals surface area contributed by atoms with Gasteiger partial charge in [0, 0.05) is 23.6 Å². The van der Waals surface area contributed by atoms with E-state index in [1.165, 1.54) is 26.4 Å². The van der Waals surface area contributed by atoms with Gasteiger partial charge in [-0.05, 0) is 11.6 Å². The van der Waals surface area contributed by atoms with Gasteiger partial charge in [-0.25, -0.2) is 4.79 Å². The van der Waals surface area contributed by atoms with E-state index >= 15 is 0 Å². The summed E-state index contributed by atoms with van der Waals surface area (Å²) in [7, 11) is 2.80. The van der Waals surface area contributed by atoms with Crippen LogP contribution in [0.2, 0.25) is 10.0 Å². The van der Waals surface area contributed by atoms with Gasteiger partial charge in [0.2, 0.25) is 0 Å². The molecule has 0 amide bonds. The van der Waals surface area contributed by atoms with Crippen LogP contribution in [0.5, 0.6) is 11.5 Å². The van der Waals surface area contributed by atoms with E-state index in [-0.39, 0.29) is 10.6 Å². The van der Waals surface area contributed by atoms with E-state index < -0.39 is 5.97 Å². The zero-order valence-electron chi connectivity index (χ0n) is 12.8. The molecule has 0 aliphatic rings. The molecule has 0 aliphatic carbocycles. The Morgan fingerprint density at radius 2 is 1.78 bits per heavy atom.